The number of carbonyl (C=O) groups excluding carboxylic acids is 1. The normalized spacial score (nSPS) is 9.56. The number of carbonyl (C=O) groups is 1. The van der Waals surface area contributed by atoms with Crippen LogP contribution in [0.15, 0.2) is 36.5 Å². The second-order valence-corrected chi connectivity index (χ2v) is 4.24. The molecule has 18 heavy (non-hydrogen) atoms. The van der Waals surface area contributed by atoms with Crippen LogP contribution in [0.25, 0.3) is 0 Å². The van der Waals surface area contributed by atoms with Crippen molar-refractivity contribution in [3.63, 3.8) is 0 Å². The van der Waals surface area contributed by atoms with Crippen LogP contribution in [0.4, 0.5) is 0 Å². The lowest BCUT2D eigenvalue weighted by Gasteiger charge is -2.13. The SMILES string of the molecule is CCN(C)C(=O)c1cc(C)c(C)cccccn1. The van der Waals surface area contributed by atoms with Crippen LogP contribution in [0, 0.1) is 13.8 Å². The van der Waals surface area contributed by atoms with Crippen molar-refractivity contribution in [1.82, 2.24) is 9.88 Å². The van der Waals surface area contributed by atoms with Gasteiger partial charge >= 0.3 is 0 Å². The molecular formula is C15H20N2O. The summed E-state index contributed by atoms with van der Waals surface area (Å²) in [6, 6.07) is 9.54. The van der Waals surface area contributed by atoms with E-state index in [1.54, 1.807) is 18.1 Å². The lowest BCUT2D eigenvalue weighted by Crippen LogP contribution is -2.26. The van der Waals surface area contributed by atoms with E-state index in [1.807, 2.05) is 51.1 Å². The van der Waals surface area contributed by atoms with Gasteiger partial charge in [0.05, 0.1) is 0 Å². The summed E-state index contributed by atoms with van der Waals surface area (Å²) in [4.78, 5) is 18.0. The van der Waals surface area contributed by atoms with Gasteiger partial charge in [0.15, 0.2) is 0 Å². The first-order valence-corrected chi connectivity index (χ1v) is 6.08. The Morgan fingerprint density at radius 2 is 1.94 bits per heavy atom. The Morgan fingerprint density at radius 1 is 1.22 bits per heavy atom. The summed E-state index contributed by atoms with van der Waals surface area (Å²) < 4.78 is 0. The van der Waals surface area contributed by atoms with E-state index in [9.17, 15) is 4.79 Å². The Morgan fingerprint density at radius 3 is 2.61 bits per heavy atom. The van der Waals surface area contributed by atoms with Crippen molar-refractivity contribution in [2.45, 2.75) is 20.8 Å². The van der Waals surface area contributed by atoms with Crippen LogP contribution in [0.5, 0.6) is 0 Å². The Kier molecular flexibility index (Phi) is 5.31. The van der Waals surface area contributed by atoms with Gasteiger partial charge < -0.3 is 4.90 Å². The van der Waals surface area contributed by atoms with Crippen molar-refractivity contribution >= 4 is 5.91 Å². The van der Waals surface area contributed by atoms with Gasteiger partial charge in [0, 0.05) is 19.8 Å². The summed E-state index contributed by atoms with van der Waals surface area (Å²) >= 11 is 0. The van der Waals surface area contributed by atoms with Gasteiger partial charge in [-0.15, -0.1) is 0 Å². The molecule has 1 rings (SSSR count). The highest BCUT2D eigenvalue weighted by Gasteiger charge is 2.10. The largest absolute Gasteiger partial charge is 0.341 e. The van der Waals surface area contributed by atoms with Crippen LogP contribution in [0.3, 0.4) is 0 Å². The number of aryl methyl sites for hydroxylation is 2. The van der Waals surface area contributed by atoms with E-state index in [0.29, 0.717) is 12.2 Å². The van der Waals surface area contributed by atoms with Crippen LogP contribution in [-0.4, -0.2) is 29.4 Å². The van der Waals surface area contributed by atoms with E-state index in [1.165, 1.54) is 0 Å². The molecule has 0 fully saturated rings. The van der Waals surface area contributed by atoms with Crippen molar-refractivity contribution in [2.75, 3.05) is 13.6 Å². The molecule has 0 atom stereocenters. The zero-order chi connectivity index (χ0) is 13.5. The lowest BCUT2D eigenvalue weighted by atomic mass is 10.1. The van der Waals surface area contributed by atoms with Crippen LogP contribution >= 0.6 is 0 Å². The second-order valence-electron chi connectivity index (χ2n) is 4.24. The fourth-order valence-electron chi connectivity index (χ4n) is 1.38. The maximum atomic E-state index is 12.1. The van der Waals surface area contributed by atoms with Gasteiger partial charge in [-0.2, -0.15) is 0 Å². The van der Waals surface area contributed by atoms with Gasteiger partial charge in [-0.3, -0.25) is 9.78 Å². The van der Waals surface area contributed by atoms with E-state index in [4.69, 9.17) is 0 Å². The third-order valence-electron chi connectivity index (χ3n) is 2.88. The molecule has 0 N–H and O–H groups in total. The fraction of sp³-hybridized carbons (Fsp3) is 0.333. The topological polar surface area (TPSA) is 33.2 Å². The highest BCUT2D eigenvalue weighted by molar-refractivity contribution is 5.92. The Labute approximate surface area is 109 Å². The van der Waals surface area contributed by atoms with E-state index in [-0.39, 0.29) is 5.91 Å². The number of nitrogens with zero attached hydrogens (tertiary/aromatic N) is 2. The smallest absolute Gasteiger partial charge is 0.272 e. The summed E-state index contributed by atoms with van der Waals surface area (Å²) in [7, 11) is 1.78. The van der Waals surface area contributed by atoms with Gasteiger partial charge in [-0.05, 0) is 44.0 Å². The van der Waals surface area contributed by atoms with Gasteiger partial charge in [0.1, 0.15) is 5.69 Å². The van der Waals surface area contributed by atoms with E-state index in [2.05, 4.69) is 4.98 Å². The molecule has 0 saturated heterocycles. The fourth-order valence-corrected chi connectivity index (χ4v) is 1.38. The first-order chi connectivity index (χ1) is 8.56. The minimum absolute atomic E-state index is 0.0566. The summed E-state index contributed by atoms with van der Waals surface area (Å²) in [5.74, 6) is -0.0566. The molecule has 0 aliphatic carbocycles. The Bertz CT molecular complexity index is 482. The average molecular weight is 244 g/mol. The Hall–Kier alpha value is -1.90. The molecule has 1 amide bonds. The molecule has 0 bridgehead atoms. The monoisotopic (exact) mass is 244 g/mol. The number of amides is 1. The number of rotatable bonds is 2. The highest BCUT2D eigenvalue weighted by atomic mass is 16.2. The summed E-state index contributed by atoms with van der Waals surface area (Å²) in [6.07, 6.45) is 1.64. The van der Waals surface area contributed by atoms with E-state index >= 15 is 0 Å². The van der Waals surface area contributed by atoms with Crippen molar-refractivity contribution in [3.05, 3.63) is 53.3 Å². The number of hydrogen-bond donors (Lipinski definition) is 0. The first-order valence-electron chi connectivity index (χ1n) is 6.08. The van der Waals surface area contributed by atoms with Gasteiger partial charge in [0.2, 0.25) is 0 Å². The maximum Gasteiger partial charge on any atom is 0.272 e. The van der Waals surface area contributed by atoms with Gasteiger partial charge in [-0.1, -0.05) is 18.2 Å². The molecule has 0 aliphatic heterocycles. The molecular weight excluding hydrogens is 224 g/mol. The summed E-state index contributed by atoms with van der Waals surface area (Å²) in [5, 5.41) is 0. The molecule has 0 aromatic carbocycles. The molecule has 0 aliphatic rings. The molecule has 0 radical (unpaired) electrons. The molecule has 3 heteroatoms. The molecule has 96 valence electrons. The van der Waals surface area contributed by atoms with Crippen LogP contribution in [0.1, 0.15) is 28.5 Å². The quantitative estimate of drug-likeness (QED) is 0.801. The van der Waals surface area contributed by atoms with Gasteiger partial charge in [0.25, 0.3) is 5.91 Å². The van der Waals surface area contributed by atoms with Crippen molar-refractivity contribution < 1.29 is 4.79 Å². The van der Waals surface area contributed by atoms with E-state index in [0.717, 1.165) is 11.1 Å². The van der Waals surface area contributed by atoms with Crippen LogP contribution in [0.2, 0.25) is 0 Å². The minimum Gasteiger partial charge on any atom is -0.341 e. The molecule has 0 unspecified atom stereocenters. The van der Waals surface area contributed by atoms with Gasteiger partial charge in [-0.25, -0.2) is 0 Å². The van der Waals surface area contributed by atoms with Crippen LogP contribution in [-0.2, 0) is 0 Å². The zero-order valence-electron chi connectivity index (χ0n) is 11.5. The summed E-state index contributed by atoms with van der Waals surface area (Å²) in [5.41, 5.74) is 2.64. The summed E-state index contributed by atoms with van der Waals surface area (Å²) in [6.45, 7) is 6.62. The third kappa shape index (κ3) is 3.84. The number of aromatic nitrogens is 1. The van der Waals surface area contributed by atoms with Crippen molar-refractivity contribution in [2.24, 2.45) is 0 Å². The molecule has 0 spiro atoms. The zero-order valence-corrected chi connectivity index (χ0v) is 11.5. The van der Waals surface area contributed by atoms with Crippen molar-refractivity contribution in [3.8, 4) is 0 Å². The molecule has 0 saturated carbocycles. The predicted octanol–water partition coefficient (Wildman–Crippen LogP) is 2.91. The second kappa shape index (κ2) is 6.74. The maximum absolute atomic E-state index is 12.1. The van der Waals surface area contributed by atoms with Crippen molar-refractivity contribution in [1.29, 1.82) is 0 Å². The van der Waals surface area contributed by atoms with Crippen LogP contribution < -0.4 is 0 Å². The minimum atomic E-state index is -0.0566. The Balaban J connectivity index is 3.36. The standard InChI is InChI=1S/C15H20N2O/c1-5-17(4)15(18)14-11-13(3)12(2)9-7-6-8-10-16-14/h6-11H,5H2,1-4H3. The highest BCUT2D eigenvalue weighted by Crippen LogP contribution is 2.05. The van der Waals surface area contributed by atoms with E-state index < -0.39 is 0 Å². The molecule has 1 aromatic heterocycles. The third-order valence-corrected chi connectivity index (χ3v) is 2.88. The predicted molar refractivity (Wildman–Crippen MR) is 74.0 cm³/mol. The molecule has 1 aromatic rings. The molecule has 3 nitrogen and oxygen atoms in total. The lowest BCUT2D eigenvalue weighted by molar-refractivity contribution is 0.0797. The number of hydrogen-bond acceptors (Lipinski definition) is 2. The first kappa shape index (κ1) is 14.2. The molecule has 1 heterocycles. The average Bonchev–Trinajstić information content (AvgIpc) is 2.38.